The van der Waals surface area contributed by atoms with Crippen molar-refractivity contribution in [3.63, 3.8) is 0 Å². The Hall–Kier alpha value is -2.36. The van der Waals surface area contributed by atoms with Gasteiger partial charge in [0.1, 0.15) is 5.82 Å². The van der Waals surface area contributed by atoms with Gasteiger partial charge >= 0.3 is 0 Å². The predicted molar refractivity (Wildman–Crippen MR) is 62.7 cm³/mol. The molecule has 4 heteroatoms. The Morgan fingerprint density at radius 3 is 2.94 bits per heavy atom. The number of fused-ring (bicyclic) bond motifs is 1. The summed E-state index contributed by atoms with van der Waals surface area (Å²) in [5, 5.41) is 12.1. The lowest BCUT2D eigenvalue weighted by atomic mass is 10.1. The summed E-state index contributed by atoms with van der Waals surface area (Å²) < 4.78 is 13.8. The normalized spacial score (nSPS) is 10.9. The van der Waals surface area contributed by atoms with E-state index in [4.69, 9.17) is 0 Å². The maximum Gasteiger partial charge on any atom is 0.188 e. The number of hydrogen-bond donors (Lipinski definition) is 1. The van der Waals surface area contributed by atoms with Gasteiger partial charge in [0, 0.05) is 34.3 Å². The van der Waals surface area contributed by atoms with Gasteiger partial charge in [-0.15, -0.1) is 0 Å². The standard InChI is InChI=1S/C13H9FN2O/c14-10-3-4-11-12(7-15-13(11)6-10)9-2-1-5-16(17)8-9/h1-8,15H. The van der Waals surface area contributed by atoms with Gasteiger partial charge in [-0.3, -0.25) is 0 Å². The van der Waals surface area contributed by atoms with Gasteiger partial charge in [-0.05, 0) is 24.3 Å². The molecule has 0 spiro atoms. The monoisotopic (exact) mass is 228 g/mol. The average molecular weight is 228 g/mol. The molecule has 0 fully saturated rings. The van der Waals surface area contributed by atoms with Crippen LogP contribution >= 0.6 is 0 Å². The molecule has 2 aromatic heterocycles. The zero-order chi connectivity index (χ0) is 11.8. The van der Waals surface area contributed by atoms with Crippen molar-refractivity contribution in [1.82, 2.24) is 4.98 Å². The minimum absolute atomic E-state index is 0.280. The Morgan fingerprint density at radius 2 is 2.12 bits per heavy atom. The van der Waals surface area contributed by atoms with Crippen molar-refractivity contribution >= 4 is 10.9 Å². The fourth-order valence-electron chi connectivity index (χ4n) is 1.95. The molecule has 0 saturated heterocycles. The maximum atomic E-state index is 13.0. The molecular formula is C13H9FN2O. The summed E-state index contributed by atoms with van der Waals surface area (Å²) in [6, 6.07) is 8.09. The molecule has 0 unspecified atom stereocenters. The third-order valence-electron chi connectivity index (χ3n) is 2.73. The van der Waals surface area contributed by atoms with Crippen LogP contribution in [0.5, 0.6) is 0 Å². The summed E-state index contributed by atoms with van der Waals surface area (Å²) in [5.74, 6) is -0.280. The van der Waals surface area contributed by atoms with Crippen molar-refractivity contribution < 1.29 is 9.12 Å². The Balaban J connectivity index is 2.24. The number of aromatic amines is 1. The fourth-order valence-corrected chi connectivity index (χ4v) is 1.95. The van der Waals surface area contributed by atoms with E-state index >= 15 is 0 Å². The van der Waals surface area contributed by atoms with E-state index in [-0.39, 0.29) is 5.82 Å². The summed E-state index contributed by atoms with van der Waals surface area (Å²) in [6.07, 6.45) is 4.70. The van der Waals surface area contributed by atoms with Crippen LogP contribution in [-0.4, -0.2) is 4.98 Å². The lowest BCUT2D eigenvalue weighted by molar-refractivity contribution is -0.604. The van der Waals surface area contributed by atoms with Gasteiger partial charge in [0.2, 0.25) is 0 Å². The number of H-pyrrole nitrogens is 1. The van der Waals surface area contributed by atoms with Gasteiger partial charge in [0.25, 0.3) is 0 Å². The van der Waals surface area contributed by atoms with Crippen molar-refractivity contribution in [2.45, 2.75) is 0 Å². The van der Waals surface area contributed by atoms with Gasteiger partial charge in [-0.25, -0.2) is 4.39 Å². The number of aromatic nitrogens is 2. The van der Waals surface area contributed by atoms with Crippen LogP contribution in [0.15, 0.2) is 48.9 Å². The third kappa shape index (κ3) is 1.63. The molecule has 2 heterocycles. The molecule has 0 aliphatic heterocycles. The van der Waals surface area contributed by atoms with Gasteiger partial charge in [0.15, 0.2) is 12.4 Å². The fraction of sp³-hybridized carbons (Fsp3) is 0. The van der Waals surface area contributed by atoms with Crippen LogP contribution in [0.4, 0.5) is 4.39 Å². The molecule has 0 aliphatic carbocycles. The van der Waals surface area contributed by atoms with E-state index in [9.17, 15) is 9.60 Å². The lowest BCUT2D eigenvalue weighted by Crippen LogP contribution is -2.23. The first kappa shape index (κ1) is 9.84. The molecular weight excluding hydrogens is 219 g/mol. The van der Waals surface area contributed by atoms with Gasteiger partial charge < -0.3 is 10.2 Å². The number of rotatable bonds is 1. The Kier molecular flexibility index (Phi) is 2.08. The first-order valence-electron chi connectivity index (χ1n) is 5.20. The van der Waals surface area contributed by atoms with E-state index in [1.165, 1.54) is 24.5 Å². The van der Waals surface area contributed by atoms with E-state index in [0.717, 1.165) is 26.8 Å². The second kappa shape index (κ2) is 3.59. The molecule has 0 amide bonds. The molecule has 0 aliphatic rings. The summed E-state index contributed by atoms with van der Waals surface area (Å²) in [5.41, 5.74) is 2.42. The van der Waals surface area contributed by atoms with Gasteiger partial charge in [-0.2, -0.15) is 4.73 Å². The molecule has 3 aromatic rings. The van der Waals surface area contributed by atoms with Crippen molar-refractivity contribution in [1.29, 1.82) is 0 Å². The quantitative estimate of drug-likeness (QED) is 0.505. The zero-order valence-corrected chi connectivity index (χ0v) is 8.85. The molecule has 1 aromatic carbocycles. The van der Waals surface area contributed by atoms with E-state index in [0.29, 0.717) is 0 Å². The number of nitrogens with zero attached hydrogens (tertiary/aromatic N) is 1. The lowest BCUT2D eigenvalue weighted by Gasteiger charge is -2.00. The van der Waals surface area contributed by atoms with Gasteiger partial charge in [-0.1, -0.05) is 0 Å². The van der Waals surface area contributed by atoms with Crippen LogP contribution < -0.4 is 4.73 Å². The minimum atomic E-state index is -0.280. The number of halogens is 1. The highest BCUT2D eigenvalue weighted by Crippen LogP contribution is 2.27. The summed E-state index contributed by atoms with van der Waals surface area (Å²) in [6.45, 7) is 0. The first-order chi connectivity index (χ1) is 8.24. The second-order valence-electron chi connectivity index (χ2n) is 3.84. The third-order valence-corrected chi connectivity index (χ3v) is 2.73. The Bertz CT molecular complexity index is 691. The second-order valence-corrected chi connectivity index (χ2v) is 3.84. The molecule has 0 atom stereocenters. The smallest absolute Gasteiger partial charge is 0.188 e. The predicted octanol–water partition coefficient (Wildman–Crippen LogP) is 2.61. The highest BCUT2D eigenvalue weighted by atomic mass is 19.1. The van der Waals surface area contributed by atoms with Crippen LogP contribution in [-0.2, 0) is 0 Å². The molecule has 0 saturated carbocycles. The van der Waals surface area contributed by atoms with Crippen molar-refractivity contribution in [3.8, 4) is 11.1 Å². The van der Waals surface area contributed by atoms with E-state index < -0.39 is 0 Å². The highest BCUT2D eigenvalue weighted by Gasteiger charge is 2.08. The molecule has 0 radical (unpaired) electrons. The Morgan fingerprint density at radius 1 is 1.24 bits per heavy atom. The number of nitrogens with one attached hydrogen (secondary N) is 1. The van der Waals surface area contributed by atoms with Gasteiger partial charge in [0.05, 0.1) is 0 Å². The summed E-state index contributed by atoms with van der Waals surface area (Å²) >= 11 is 0. The average Bonchev–Trinajstić information content (AvgIpc) is 2.71. The molecule has 3 nitrogen and oxygen atoms in total. The molecule has 3 rings (SSSR count). The van der Waals surface area contributed by atoms with E-state index in [1.54, 1.807) is 18.3 Å². The number of pyridine rings is 1. The molecule has 84 valence electrons. The van der Waals surface area contributed by atoms with Crippen LogP contribution in [0.2, 0.25) is 0 Å². The Labute approximate surface area is 96.7 Å². The first-order valence-corrected chi connectivity index (χ1v) is 5.20. The van der Waals surface area contributed by atoms with Crippen molar-refractivity contribution in [3.05, 3.63) is 59.9 Å². The van der Waals surface area contributed by atoms with Crippen molar-refractivity contribution in [2.75, 3.05) is 0 Å². The van der Waals surface area contributed by atoms with Crippen LogP contribution in [0.1, 0.15) is 0 Å². The van der Waals surface area contributed by atoms with E-state index in [1.807, 2.05) is 6.07 Å². The maximum absolute atomic E-state index is 13.0. The van der Waals surface area contributed by atoms with Crippen LogP contribution in [0.25, 0.3) is 22.0 Å². The number of hydrogen-bond acceptors (Lipinski definition) is 1. The largest absolute Gasteiger partial charge is 0.619 e. The van der Waals surface area contributed by atoms with Crippen LogP contribution in [0, 0.1) is 11.0 Å². The topological polar surface area (TPSA) is 42.7 Å². The van der Waals surface area contributed by atoms with Crippen molar-refractivity contribution in [2.24, 2.45) is 0 Å². The highest BCUT2D eigenvalue weighted by molar-refractivity contribution is 5.95. The molecule has 1 N–H and O–H groups in total. The molecule has 0 bridgehead atoms. The SMILES string of the molecule is [O-][n+]1cccc(-c2c[nH]c3cc(F)ccc23)c1. The van der Waals surface area contributed by atoms with E-state index in [2.05, 4.69) is 4.98 Å². The summed E-state index contributed by atoms with van der Waals surface area (Å²) in [7, 11) is 0. The van der Waals surface area contributed by atoms with Crippen LogP contribution in [0.3, 0.4) is 0 Å². The molecule has 17 heavy (non-hydrogen) atoms. The minimum Gasteiger partial charge on any atom is -0.619 e. The number of benzene rings is 1. The summed E-state index contributed by atoms with van der Waals surface area (Å²) in [4.78, 5) is 3.00. The zero-order valence-electron chi connectivity index (χ0n) is 8.85.